The molecule has 0 aliphatic carbocycles. The van der Waals surface area contributed by atoms with Gasteiger partial charge in [0.25, 0.3) is 0 Å². The lowest BCUT2D eigenvalue weighted by Gasteiger charge is -2.25. The van der Waals surface area contributed by atoms with E-state index in [4.69, 9.17) is 4.74 Å². The maximum absolute atomic E-state index is 10.4. The maximum Gasteiger partial charge on any atom is 0.133 e. The monoisotopic (exact) mass is 226 g/mol. The molecule has 0 saturated heterocycles. The molecular weight excluding hydrogens is 212 g/mol. The molecule has 1 heterocycles. The SMILES string of the molecule is CCc1ccc2c(c1)C(O)c1ccccc1O2. The van der Waals surface area contributed by atoms with Crippen LogP contribution < -0.4 is 4.74 Å². The molecule has 17 heavy (non-hydrogen) atoms. The number of aliphatic hydroxyl groups excluding tert-OH is 1. The zero-order valence-electron chi connectivity index (χ0n) is 9.68. The van der Waals surface area contributed by atoms with E-state index in [0.717, 1.165) is 29.0 Å². The van der Waals surface area contributed by atoms with Gasteiger partial charge in [-0.15, -0.1) is 0 Å². The molecule has 0 radical (unpaired) electrons. The van der Waals surface area contributed by atoms with Gasteiger partial charge >= 0.3 is 0 Å². The molecule has 0 amide bonds. The van der Waals surface area contributed by atoms with E-state index >= 15 is 0 Å². The van der Waals surface area contributed by atoms with Crippen LogP contribution in [0, 0.1) is 0 Å². The van der Waals surface area contributed by atoms with Crippen molar-refractivity contribution in [3.05, 3.63) is 59.2 Å². The number of hydrogen-bond donors (Lipinski definition) is 1. The highest BCUT2D eigenvalue weighted by molar-refractivity contribution is 5.52. The summed E-state index contributed by atoms with van der Waals surface area (Å²) in [6.45, 7) is 2.10. The fourth-order valence-electron chi connectivity index (χ4n) is 2.21. The lowest BCUT2D eigenvalue weighted by atomic mass is 9.95. The van der Waals surface area contributed by atoms with Crippen molar-refractivity contribution in [1.82, 2.24) is 0 Å². The Balaban J connectivity index is 2.13. The van der Waals surface area contributed by atoms with Crippen molar-refractivity contribution >= 4 is 0 Å². The minimum atomic E-state index is -0.582. The Morgan fingerprint density at radius 3 is 2.65 bits per heavy atom. The predicted octanol–water partition coefficient (Wildman–Crippen LogP) is 3.44. The molecule has 0 fully saturated rings. The second kappa shape index (κ2) is 3.90. The highest BCUT2D eigenvalue weighted by Crippen LogP contribution is 2.42. The first-order valence-electron chi connectivity index (χ1n) is 5.87. The van der Waals surface area contributed by atoms with Crippen LogP contribution in [0.1, 0.15) is 29.7 Å². The van der Waals surface area contributed by atoms with Gasteiger partial charge in [0.05, 0.1) is 0 Å². The Morgan fingerprint density at radius 2 is 1.82 bits per heavy atom. The summed E-state index contributed by atoms with van der Waals surface area (Å²) < 4.78 is 5.79. The van der Waals surface area contributed by atoms with Crippen molar-refractivity contribution in [1.29, 1.82) is 0 Å². The third-order valence-electron chi connectivity index (χ3n) is 3.21. The standard InChI is InChI=1S/C15H14O2/c1-2-10-7-8-14-12(9-10)15(16)11-5-3-4-6-13(11)17-14/h3-9,15-16H,2H2,1H3. The van der Waals surface area contributed by atoms with Gasteiger partial charge in [0.2, 0.25) is 0 Å². The fourth-order valence-corrected chi connectivity index (χ4v) is 2.21. The fraction of sp³-hybridized carbons (Fsp3) is 0.200. The normalized spacial score (nSPS) is 16.9. The van der Waals surface area contributed by atoms with Crippen molar-refractivity contribution in [2.75, 3.05) is 0 Å². The van der Waals surface area contributed by atoms with Crippen LogP contribution in [-0.2, 0) is 6.42 Å². The molecule has 0 spiro atoms. The third-order valence-corrected chi connectivity index (χ3v) is 3.21. The van der Waals surface area contributed by atoms with Gasteiger partial charge in [-0.05, 0) is 30.2 Å². The minimum absolute atomic E-state index is 0.582. The molecular formula is C15H14O2. The predicted molar refractivity (Wildman–Crippen MR) is 66.4 cm³/mol. The molecule has 0 aromatic heterocycles. The largest absolute Gasteiger partial charge is 0.457 e. The first-order valence-corrected chi connectivity index (χ1v) is 5.87. The second-order valence-corrected chi connectivity index (χ2v) is 4.27. The average Bonchev–Trinajstić information content (AvgIpc) is 2.39. The third kappa shape index (κ3) is 1.61. The molecule has 2 heteroatoms. The van der Waals surface area contributed by atoms with E-state index in [1.807, 2.05) is 42.5 Å². The summed E-state index contributed by atoms with van der Waals surface area (Å²) >= 11 is 0. The molecule has 0 bridgehead atoms. The number of aliphatic hydroxyl groups is 1. The minimum Gasteiger partial charge on any atom is -0.457 e. The van der Waals surface area contributed by atoms with Gasteiger partial charge in [-0.25, -0.2) is 0 Å². The van der Waals surface area contributed by atoms with Gasteiger partial charge in [-0.2, -0.15) is 0 Å². The molecule has 86 valence electrons. The Bertz CT molecular complexity index is 561. The summed E-state index contributed by atoms with van der Waals surface area (Å²) in [7, 11) is 0. The lowest BCUT2D eigenvalue weighted by Crippen LogP contribution is -2.09. The Labute approximate surface area is 100 Å². The molecule has 2 aromatic carbocycles. The van der Waals surface area contributed by atoms with Gasteiger partial charge in [0.1, 0.15) is 17.6 Å². The highest BCUT2D eigenvalue weighted by Gasteiger charge is 2.24. The molecule has 1 aliphatic rings. The quantitative estimate of drug-likeness (QED) is 0.807. The van der Waals surface area contributed by atoms with Gasteiger partial charge in [0.15, 0.2) is 0 Å². The second-order valence-electron chi connectivity index (χ2n) is 4.27. The first-order chi connectivity index (χ1) is 8.29. The van der Waals surface area contributed by atoms with Gasteiger partial charge in [-0.1, -0.05) is 31.2 Å². The van der Waals surface area contributed by atoms with Crippen molar-refractivity contribution in [3.8, 4) is 11.5 Å². The van der Waals surface area contributed by atoms with E-state index in [1.54, 1.807) is 0 Å². The molecule has 0 saturated carbocycles. The Hall–Kier alpha value is -1.80. The van der Waals surface area contributed by atoms with Crippen LogP contribution in [0.4, 0.5) is 0 Å². The van der Waals surface area contributed by atoms with E-state index in [2.05, 4.69) is 6.92 Å². The number of para-hydroxylation sites is 1. The van der Waals surface area contributed by atoms with Crippen molar-refractivity contribution < 1.29 is 9.84 Å². The van der Waals surface area contributed by atoms with Crippen LogP contribution in [-0.4, -0.2) is 5.11 Å². The summed E-state index contributed by atoms with van der Waals surface area (Å²) in [6, 6.07) is 13.6. The number of benzene rings is 2. The van der Waals surface area contributed by atoms with Crippen LogP contribution in [0.3, 0.4) is 0 Å². The zero-order valence-corrected chi connectivity index (χ0v) is 9.68. The average molecular weight is 226 g/mol. The van der Waals surface area contributed by atoms with E-state index in [1.165, 1.54) is 5.56 Å². The Morgan fingerprint density at radius 1 is 1.06 bits per heavy atom. The molecule has 1 N–H and O–H groups in total. The summed E-state index contributed by atoms with van der Waals surface area (Å²) in [5.41, 5.74) is 2.92. The maximum atomic E-state index is 10.4. The zero-order chi connectivity index (χ0) is 11.8. The van der Waals surface area contributed by atoms with Gasteiger partial charge in [0, 0.05) is 11.1 Å². The van der Waals surface area contributed by atoms with Crippen LogP contribution in [0.2, 0.25) is 0 Å². The Kier molecular flexibility index (Phi) is 2.37. The van der Waals surface area contributed by atoms with Gasteiger partial charge in [-0.3, -0.25) is 0 Å². The van der Waals surface area contributed by atoms with E-state index in [9.17, 15) is 5.11 Å². The van der Waals surface area contributed by atoms with Crippen molar-refractivity contribution in [2.24, 2.45) is 0 Å². The molecule has 2 aromatic rings. The van der Waals surface area contributed by atoms with Gasteiger partial charge < -0.3 is 9.84 Å². The first kappa shape index (κ1) is 10.4. The molecule has 2 nitrogen and oxygen atoms in total. The van der Waals surface area contributed by atoms with E-state index < -0.39 is 6.10 Å². The number of ether oxygens (including phenoxy) is 1. The molecule has 1 atom stereocenters. The molecule has 3 rings (SSSR count). The van der Waals surface area contributed by atoms with Crippen LogP contribution >= 0.6 is 0 Å². The molecule has 1 unspecified atom stereocenters. The number of aryl methyl sites for hydroxylation is 1. The smallest absolute Gasteiger partial charge is 0.133 e. The van der Waals surface area contributed by atoms with Crippen molar-refractivity contribution in [3.63, 3.8) is 0 Å². The summed E-state index contributed by atoms with van der Waals surface area (Å²) in [4.78, 5) is 0. The van der Waals surface area contributed by atoms with E-state index in [0.29, 0.717) is 0 Å². The summed E-state index contributed by atoms with van der Waals surface area (Å²) in [5, 5.41) is 10.4. The van der Waals surface area contributed by atoms with Crippen LogP contribution in [0.15, 0.2) is 42.5 Å². The summed E-state index contributed by atoms with van der Waals surface area (Å²) in [5.74, 6) is 1.50. The highest BCUT2D eigenvalue weighted by atomic mass is 16.5. The number of hydrogen-bond acceptors (Lipinski definition) is 2. The van der Waals surface area contributed by atoms with Crippen LogP contribution in [0.5, 0.6) is 11.5 Å². The topological polar surface area (TPSA) is 29.5 Å². The van der Waals surface area contributed by atoms with E-state index in [-0.39, 0.29) is 0 Å². The lowest BCUT2D eigenvalue weighted by molar-refractivity contribution is 0.203. The van der Waals surface area contributed by atoms with Crippen LogP contribution in [0.25, 0.3) is 0 Å². The van der Waals surface area contributed by atoms with Crippen molar-refractivity contribution in [2.45, 2.75) is 19.4 Å². The molecule has 1 aliphatic heterocycles. The number of fused-ring (bicyclic) bond motifs is 2. The number of rotatable bonds is 1. The summed E-state index contributed by atoms with van der Waals surface area (Å²) in [6.07, 6.45) is 0.378.